The predicted octanol–water partition coefficient (Wildman–Crippen LogP) is 2.86. The fourth-order valence-electron chi connectivity index (χ4n) is 2.98. The number of hydrogen-bond donors (Lipinski definition) is 2. The quantitative estimate of drug-likeness (QED) is 0.807. The summed E-state index contributed by atoms with van der Waals surface area (Å²) in [7, 11) is 0. The molecule has 1 heterocycles. The van der Waals surface area contributed by atoms with Gasteiger partial charge in [-0.1, -0.05) is 18.2 Å². The maximum absolute atomic E-state index is 13.7. The van der Waals surface area contributed by atoms with Gasteiger partial charge in [-0.3, -0.25) is 9.59 Å². The molecule has 2 aromatic carbocycles. The van der Waals surface area contributed by atoms with Gasteiger partial charge in [0.1, 0.15) is 5.82 Å². The molecule has 0 unspecified atom stereocenters. The third kappa shape index (κ3) is 4.52. The van der Waals surface area contributed by atoms with Crippen molar-refractivity contribution in [2.75, 3.05) is 18.8 Å². The van der Waals surface area contributed by atoms with Gasteiger partial charge in [-0.2, -0.15) is 0 Å². The molecule has 1 saturated heterocycles. The van der Waals surface area contributed by atoms with Crippen LogP contribution in [-0.2, 0) is 0 Å². The zero-order chi connectivity index (χ0) is 17.8. The van der Waals surface area contributed by atoms with Crippen molar-refractivity contribution in [1.82, 2.24) is 10.2 Å². The fourth-order valence-corrected chi connectivity index (χ4v) is 2.98. The van der Waals surface area contributed by atoms with Gasteiger partial charge < -0.3 is 16.0 Å². The minimum atomic E-state index is -0.510. The number of nitrogens with zero attached hydrogens (tertiary/aromatic N) is 1. The summed E-state index contributed by atoms with van der Waals surface area (Å²) in [6.07, 6.45) is 1.27. The van der Waals surface area contributed by atoms with E-state index in [2.05, 4.69) is 5.32 Å². The molecule has 0 saturated carbocycles. The number of nitrogen functional groups attached to an aromatic ring is 1. The third-order valence-electron chi connectivity index (χ3n) is 4.37. The molecule has 1 aliphatic rings. The molecule has 26 heavy (non-hydrogen) atoms. The molecule has 3 rings (SSSR count). The van der Waals surface area contributed by atoms with Gasteiger partial charge in [0.15, 0.2) is 0 Å². The highest BCUT2D eigenvalue weighted by Crippen LogP contribution is 2.16. The maximum atomic E-state index is 13.7. The van der Waals surface area contributed by atoms with Crippen molar-refractivity contribution in [1.29, 1.82) is 0 Å². The monoisotopic (exact) mass is 377 g/mol. The lowest BCUT2D eigenvalue weighted by Crippen LogP contribution is -2.46. The smallest absolute Gasteiger partial charge is 0.256 e. The first-order chi connectivity index (χ1) is 12.0. The summed E-state index contributed by atoms with van der Waals surface area (Å²) in [6, 6.07) is 12.8. The van der Waals surface area contributed by atoms with Crippen molar-refractivity contribution in [3.05, 3.63) is 65.5 Å². The number of rotatable bonds is 3. The second-order valence-corrected chi connectivity index (χ2v) is 6.15. The molecule has 0 aliphatic carbocycles. The number of carbonyl (C=O) groups is 2. The Hall–Kier alpha value is -2.60. The molecule has 1 aliphatic heterocycles. The summed E-state index contributed by atoms with van der Waals surface area (Å²) in [5.74, 6) is -0.991. The van der Waals surface area contributed by atoms with E-state index in [-0.39, 0.29) is 35.8 Å². The van der Waals surface area contributed by atoms with Crippen LogP contribution in [-0.4, -0.2) is 35.8 Å². The zero-order valence-electron chi connectivity index (χ0n) is 14.2. The second-order valence-electron chi connectivity index (χ2n) is 6.15. The van der Waals surface area contributed by atoms with Gasteiger partial charge >= 0.3 is 0 Å². The van der Waals surface area contributed by atoms with E-state index in [9.17, 15) is 14.0 Å². The Morgan fingerprint density at radius 2 is 1.77 bits per heavy atom. The van der Waals surface area contributed by atoms with E-state index < -0.39 is 5.82 Å². The van der Waals surface area contributed by atoms with Crippen molar-refractivity contribution in [3.8, 4) is 0 Å². The van der Waals surface area contributed by atoms with Gasteiger partial charge in [0.2, 0.25) is 0 Å². The highest BCUT2D eigenvalue weighted by Gasteiger charge is 2.26. The Morgan fingerprint density at radius 1 is 1.08 bits per heavy atom. The molecule has 1 fully saturated rings. The predicted molar refractivity (Wildman–Crippen MR) is 101 cm³/mol. The summed E-state index contributed by atoms with van der Waals surface area (Å²) >= 11 is 0. The summed E-state index contributed by atoms with van der Waals surface area (Å²) in [5.41, 5.74) is 6.84. The number of nitrogens with one attached hydrogen (secondary N) is 1. The van der Waals surface area contributed by atoms with Gasteiger partial charge in [-0.15, -0.1) is 12.4 Å². The molecule has 3 N–H and O–H groups in total. The summed E-state index contributed by atoms with van der Waals surface area (Å²) in [6.45, 7) is 0.962. The van der Waals surface area contributed by atoms with E-state index in [1.807, 2.05) is 0 Å². The Kier molecular flexibility index (Phi) is 6.58. The average Bonchev–Trinajstić information content (AvgIpc) is 2.62. The lowest BCUT2D eigenvalue weighted by molar-refractivity contribution is 0.0693. The topological polar surface area (TPSA) is 75.4 Å². The SMILES string of the molecule is Cl.Nc1cccc(C(=O)NC2CCN(C(=O)c3ccccc3F)CC2)c1. The molecule has 2 amide bonds. The standard InChI is InChI=1S/C19H20FN3O2.ClH/c20-17-7-2-1-6-16(17)19(25)23-10-8-15(9-11-23)22-18(24)13-4-3-5-14(21)12-13;/h1-7,12,15H,8-11,21H2,(H,22,24);1H. The minimum absolute atomic E-state index is 0. The highest BCUT2D eigenvalue weighted by molar-refractivity contribution is 5.95. The van der Waals surface area contributed by atoms with Crippen LogP contribution in [0.5, 0.6) is 0 Å². The van der Waals surface area contributed by atoms with Crippen LogP contribution in [0.25, 0.3) is 0 Å². The van der Waals surface area contributed by atoms with Crippen molar-refractivity contribution in [2.24, 2.45) is 0 Å². The van der Waals surface area contributed by atoms with Gasteiger partial charge in [-0.05, 0) is 43.2 Å². The molecule has 0 radical (unpaired) electrons. The molecule has 0 bridgehead atoms. The number of nitrogens with two attached hydrogens (primary N) is 1. The van der Waals surface area contributed by atoms with Crippen LogP contribution in [0.1, 0.15) is 33.6 Å². The largest absolute Gasteiger partial charge is 0.399 e. The minimum Gasteiger partial charge on any atom is -0.399 e. The molecule has 2 aromatic rings. The van der Waals surface area contributed by atoms with Crippen molar-refractivity contribution in [3.63, 3.8) is 0 Å². The second kappa shape index (κ2) is 8.67. The molecule has 0 spiro atoms. The van der Waals surface area contributed by atoms with Crippen LogP contribution in [0.3, 0.4) is 0 Å². The van der Waals surface area contributed by atoms with Crippen LogP contribution in [0.2, 0.25) is 0 Å². The first-order valence-electron chi connectivity index (χ1n) is 8.25. The fraction of sp³-hybridized carbons (Fsp3) is 0.263. The molecule has 5 nitrogen and oxygen atoms in total. The molecule has 7 heteroatoms. The van der Waals surface area contributed by atoms with Gasteiger partial charge in [0.25, 0.3) is 11.8 Å². The average molecular weight is 378 g/mol. The summed E-state index contributed by atoms with van der Waals surface area (Å²) in [5, 5.41) is 2.97. The molecular formula is C19H21ClFN3O2. The molecule has 138 valence electrons. The van der Waals surface area contributed by atoms with Crippen molar-refractivity contribution < 1.29 is 14.0 Å². The van der Waals surface area contributed by atoms with Gasteiger partial charge in [-0.25, -0.2) is 4.39 Å². The van der Waals surface area contributed by atoms with E-state index in [4.69, 9.17) is 5.73 Å². The van der Waals surface area contributed by atoms with E-state index in [1.54, 1.807) is 41.3 Å². The van der Waals surface area contributed by atoms with Gasteiger partial charge in [0.05, 0.1) is 5.56 Å². The summed E-state index contributed by atoms with van der Waals surface area (Å²) in [4.78, 5) is 26.3. The van der Waals surface area contributed by atoms with E-state index >= 15 is 0 Å². The normalized spacial score (nSPS) is 14.4. The van der Waals surface area contributed by atoms with E-state index in [0.717, 1.165) is 0 Å². The zero-order valence-corrected chi connectivity index (χ0v) is 15.0. The number of carbonyl (C=O) groups excluding carboxylic acids is 2. The molecular weight excluding hydrogens is 357 g/mol. The van der Waals surface area contributed by atoms with Crippen molar-refractivity contribution in [2.45, 2.75) is 18.9 Å². The Morgan fingerprint density at radius 3 is 2.42 bits per heavy atom. The van der Waals surface area contributed by atoms with Crippen LogP contribution in [0, 0.1) is 5.82 Å². The molecule has 0 aromatic heterocycles. The number of benzene rings is 2. The number of amides is 2. The number of piperidine rings is 1. The van der Waals surface area contributed by atoms with Crippen LogP contribution >= 0.6 is 12.4 Å². The number of hydrogen-bond acceptors (Lipinski definition) is 3. The Bertz CT molecular complexity index is 792. The molecule has 0 atom stereocenters. The Labute approximate surface area is 157 Å². The number of likely N-dealkylation sites (tertiary alicyclic amines) is 1. The summed E-state index contributed by atoms with van der Waals surface area (Å²) < 4.78 is 13.7. The first-order valence-corrected chi connectivity index (χ1v) is 8.25. The number of anilines is 1. The first kappa shape index (κ1) is 19.7. The van der Waals surface area contributed by atoms with Gasteiger partial charge in [0, 0.05) is 30.4 Å². The van der Waals surface area contributed by atoms with Crippen molar-refractivity contribution >= 4 is 29.9 Å². The van der Waals surface area contributed by atoms with E-state index in [1.165, 1.54) is 12.1 Å². The maximum Gasteiger partial charge on any atom is 0.256 e. The third-order valence-corrected chi connectivity index (χ3v) is 4.37. The van der Waals surface area contributed by atoms with E-state index in [0.29, 0.717) is 37.2 Å². The lowest BCUT2D eigenvalue weighted by atomic mass is 10.0. The van der Waals surface area contributed by atoms with Crippen LogP contribution in [0.15, 0.2) is 48.5 Å². The van der Waals surface area contributed by atoms with Crippen LogP contribution < -0.4 is 11.1 Å². The Balaban J connectivity index is 0.00000243. The number of halogens is 2. The van der Waals surface area contributed by atoms with Crippen LogP contribution in [0.4, 0.5) is 10.1 Å². The highest BCUT2D eigenvalue weighted by atomic mass is 35.5. The lowest BCUT2D eigenvalue weighted by Gasteiger charge is -2.32.